The molecule has 0 saturated heterocycles. The average molecular weight is 447 g/mol. The molecule has 0 radical (unpaired) electrons. The van der Waals surface area contributed by atoms with Crippen LogP contribution in [0.4, 0.5) is 0 Å². The van der Waals surface area contributed by atoms with Gasteiger partial charge in [-0.1, -0.05) is 61.7 Å². The number of carbonyl (C=O) groups is 2. The molecule has 1 aliphatic rings. The maximum atomic E-state index is 13.7. The molecule has 0 spiro atoms. The lowest BCUT2D eigenvalue weighted by molar-refractivity contribution is -0.127. The summed E-state index contributed by atoms with van der Waals surface area (Å²) in [6.45, 7) is 0.251. The second-order valence-corrected chi connectivity index (χ2v) is 8.42. The molecule has 3 aromatic rings. The number of ether oxygens (including phenoxy) is 1. The molecule has 1 heterocycles. The summed E-state index contributed by atoms with van der Waals surface area (Å²) in [6.07, 6.45) is 6.84. The summed E-state index contributed by atoms with van der Waals surface area (Å²) in [5, 5.41) is 3.22. The summed E-state index contributed by atoms with van der Waals surface area (Å²) in [4.78, 5) is 28.8. The summed E-state index contributed by atoms with van der Waals surface area (Å²) in [6, 6.07) is 19.6. The van der Waals surface area contributed by atoms with Gasteiger partial charge in [-0.2, -0.15) is 0 Å². The van der Waals surface area contributed by atoms with Crippen molar-refractivity contribution in [3.63, 3.8) is 0 Å². The first kappa shape index (κ1) is 22.6. The normalized spacial score (nSPS) is 14.9. The predicted octanol–water partition coefficient (Wildman–Crippen LogP) is 5.12. The molecule has 1 aromatic heterocycles. The van der Waals surface area contributed by atoms with Gasteiger partial charge >= 0.3 is 0 Å². The number of hydrogen-bond acceptors (Lipinski definition) is 4. The van der Waals surface area contributed by atoms with Gasteiger partial charge in [0, 0.05) is 12.6 Å². The maximum Gasteiger partial charge on any atom is 0.290 e. The van der Waals surface area contributed by atoms with Crippen molar-refractivity contribution >= 4 is 11.8 Å². The second-order valence-electron chi connectivity index (χ2n) is 8.42. The molecule has 1 atom stereocenters. The quantitative estimate of drug-likeness (QED) is 0.521. The number of benzene rings is 2. The lowest BCUT2D eigenvalue weighted by Gasteiger charge is -2.33. The molecule has 1 fully saturated rings. The fourth-order valence-corrected chi connectivity index (χ4v) is 4.39. The van der Waals surface area contributed by atoms with Crippen molar-refractivity contribution < 1.29 is 18.7 Å². The number of nitrogens with zero attached hydrogens (tertiary/aromatic N) is 1. The van der Waals surface area contributed by atoms with Crippen LogP contribution in [0.25, 0.3) is 0 Å². The van der Waals surface area contributed by atoms with Crippen LogP contribution in [-0.4, -0.2) is 29.9 Å². The Morgan fingerprint density at radius 2 is 1.73 bits per heavy atom. The molecule has 33 heavy (non-hydrogen) atoms. The number of rotatable bonds is 8. The first-order chi connectivity index (χ1) is 16.2. The molecule has 0 unspecified atom stereocenters. The van der Waals surface area contributed by atoms with E-state index in [0.717, 1.165) is 42.6 Å². The number of carbonyl (C=O) groups excluding carboxylic acids is 2. The second kappa shape index (κ2) is 10.9. The third-order valence-corrected chi connectivity index (χ3v) is 6.13. The van der Waals surface area contributed by atoms with Gasteiger partial charge in [0.2, 0.25) is 5.91 Å². The van der Waals surface area contributed by atoms with Gasteiger partial charge in [-0.25, -0.2) is 0 Å². The first-order valence-corrected chi connectivity index (χ1v) is 11.5. The molecule has 4 rings (SSSR count). The Labute approximate surface area is 194 Å². The predicted molar refractivity (Wildman–Crippen MR) is 126 cm³/mol. The minimum Gasteiger partial charge on any atom is -0.497 e. The Morgan fingerprint density at radius 1 is 1.00 bits per heavy atom. The van der Waals surface area contributed by atoms with Crippen LogP contribution < -0.4 is 10.1 Å². The number of furan rings is 1. The van der Waals surface area contributed by atoms with Crippen LogP contribution in [-0.2, 0) is 11.3 Å². The van der Waals surface area contributed by atoms with E-state index in [4.69, 9.17) is 9.15 Å². The first-order valence-electron chi connectivity index (χ1n) is 11.5. The summed E-state index contributed by atoms with van der Waals surface area (Å²) in [7, 11) is 1.61. The molecule has 1 aliphatic carbocycles. The average Bonchev–Trinajstić information content (AvgIpc) is 3.40. The maximum absolute atomic E-state index is 13.7. The Kier molecular flexibility index (Phi) is 7.45. The van der Waals surface area contributed by atoms with Crippen LogP contribution >= 0.6 is 0 Å². The van der Waals surface area contributed by atoms with Crippen molar-refractivity contribution in [3.05, 3.63) is 89.9 Å². The van der Waals surface area contributed by atoms with Gasteiger partial charge in [-0.3, -0.25) is 9.59 Å². The van der Waals surface area contributed by atoms with E-state index in [1.165, 1.54) is 12.7 Å². The van der Waals surface area contributed by atoms with Crippen molar-refractivity contribution in [1.82, 2.24) is 10.2 Å². The zero-order chi connectivity index (χ0) is 23.0. The molecule has 1 N–H and O–H groups in total. The highest BCUT2D eigenvalue weighted by molar-refractivity contribution is 5.96. The highest BCUT2D eigenvalue weighted by Gasteiger charge is 2.34. The van der Waals surface area contributed by atoms with E-state index in [9.17, 15) is 9.59 Å². The molecule has 0 aliphatic heterocycles. The lowest BCUT2D eigenvalue weighted by atomic mass is 9.94. The SMILES string of the molecule is COc1ccc(CN(C(=O)c2ccco2)[C@H](C(=O)NC2CCCCC2)c2ccccc2)cc1. The lowest BCUT2D eigenvalue weighted by Crippen LogP contribution is -2.46. The summed E-state index contributed by atoms with van der Waals surface area (Å²) >= 11 is 0. The summed E-state index contributed by atoms with van der Waals surface area (Å²) < 4.78 is 10.7. The van der Waals surface area contributed by atoms with Gasteiger partial charge in [-0.15, -0.1) is 0 Å². The molecule has 1 saturated carbocycles. The Hall–Kier alpha value is -3.54. The summed E-state index contributed by atoms with van der Waals surface area (Å²) in [5.41, 5.74) is 1.65. The molecule has 2 aromatic carbocycles. The molecular formula is C27H30N2O4. The van der Waals surface area contributed by atoms with Crippen molar-refractivity contribution in [2.45, 2.75) is 50.7 Å². The van der Waals surface area contributed by atoms with Gasteiger partial charge in [0.25, 0.3) is 5.91 Å². The molecule has 172 valence electrons. The van der Waals surface area contributed by atoms with Crippen LogP contribution in [0.5, 0.6) is 5.75 Å². The smallest absolute Gasteiger partial charge is 0.290 e. The van der Waals surface area contributed by atoms with E-state index in [1.807, 2.05) is 54.6 Å². The fraction of sp³-hybridized carbons (Fsp3) is 0.333. The largest absolute Gasteiger partial charge is 0.497 e. The minimum absolute atomic E-state index is 0.138. The highest BCUT2D eigenvalue weighted by atomic mass is 16.5. The van der Waals surface area contributed by atoms with Crippen LogP contribution in [0.15, 0.2) is 77.4 Å². The molecular weight excluding hydrogens is 416 g/mol. The molecule has 6 heteroatoms. The van der Waals surface area contributed by atoms with E-state index in [-0.39, 0.29) is 30.2 Å². The Morgan fingerprint density at radius 3 is 2.36 bits per heavy atom. The number of hydrogen-bond donors (Lipinski definition) is 1. The zero-order valence-corrected chi connectivity index (χ0v) is 18.9. The highest BCUT2D eigenvalue weighted by Crippen LogP contribution is 2.28. The van der Waals surface area contributed by atoms with Gasteiger partial charge in [0.05, 0.1) is 13.4 Å². The van der Waals surface area contributed by atoms with Crippen molar-refractivity contribution in [2.24, 2.45) is 0 Å². The van der Waals surface area contributed by atoms with Gasteiger partial charge in [-0.05, 0) is 48.2 Å². The van der Waals surface area contributed by atoms with Gasteiger partial charge in [0.15, 0.2) is 5.76 Å². The van der Waals surface area contributed by atoms with E-state index >= 15 is 0 Å². The number of methoxy groups -OCH3 is 1. The minimum atomic E-state index is -0.784. The Bertz CT molecular complexity index is 1030. The Balaban J connectivity index is 1.69. The van der Waals surface area contributed by atoms with E-state index in [2.05, 4.69) is 5.32 Å². The fourth-order valence-electron chi connectivity index (χ4n) is 4.39. The zero-order valence-electron chi connectivity index (χ0n) is 18.9. The number of nitrogens with one attached hydrogen (secondary N) is 1. The monoisotopic (exact) mass is 446 g/mol. The molecule has 6 nitrogen and oxygen atoms in total. The van der Waals surface area contributed by atoms with Crippen LogP contribution in [0.2, 0.25) is 0 Å². The van der Waals surface area contributed by atoms with Crippen molar-refractivity contribution in [1.29, 1.82) is 0 Å². The van der Waals surface area contributed by atoms with Crippen LogP contribution in [0.1, 0.15) is 59.8 Å². The third-order valence-electron chi connectivity index (χ3n) is 6.13. The van der Waals surface area contributed by atoms with Gasteiger partial charge in [0.1, 0.15) is 11.8 Å². The topological polar surface area (TPSA) is 71.8 Å². The third kappa shape index (κ3) is 5.64. The van der Waals surface area contributed by atoms with E-state index in [1.54, 1.807) is 24.1 Å². The van der Waals surface area contributed by atoms with Crippen molar-refractivity contribution in [2.75, 3.05) is 7.11 Å². The van der Waals surface area contributed by atoms with Crippen molar-refractivity contribution in [3.8, 4) is 5.75 Å². The number of amides is 2. The summed E-state index contributed by atoms with van der Waals surface area (Å²) in [5.74, 6) is 0.442. The molecule has 0 bridgehead atoms. The van der Waals surface area contributed by atoms with Crippen LogP contribution in [0, 0.1) is 0 Å². The molecule has 2 amide bonds. The van der Waals surface area contributed by atoms with Gasteiger partial charge < -0.3 is 19.4 Å². The standard InChI is InChI=1S/C27H30N2O4/c1-32-23-16-14-20(15-17-23)19-29(27(31)24-13-8-18-33-24)25(21-9-4-2-5-10-21)26(30)28-22-11-6-3-7-12-22/h2,4-5,8-10,13-18,22,25H,3,6-7,11-12,19H2,1H3,(H,28,30)/t25-/m0/s1. The van der Waals surface area contributed by atoms with E-state index < -0.39 is 6.04 Å². The van der Waals surface area contributed by atoms with E-state index in [0.29, 0.717) is 0 Å². The van der Waals surface area contributed by atoms with Crippen LogP contribution in [0.3, 0.4) is 0 Å².